The summed E-state index contributed by atoms with van der Waals surface area (Å²) in [7, 11) is 1.88. The molecule has 96 valence electrons. The van der Waals surface area contributed by atoms with E-state index in [0.717, 1.165) is 0 Å². The van der Waals surface area contributed by atoms with Gasteiger partial charge in [0.1, 0.15) is 6.61 Å². The van der Waals surface area contributed by atoms with Crippen molar-refractivity contribution < 1.29 is 17.9 Å². The summed E-state index contributed by atoms with van der Waals surface area (Å²) >= 11 is 0. The zero-order valence-corrected chi connectivity index (χ0v) is 9.46. The first-order chi connectivity index (χ1) is 7.44. The van der Waals surface area contributed by atoms with E-state index in [1.165, 1.54) is 12.8 Å². The van der Waals surface area contributed by atoms with Crippen molar-refractivity contribution in [2.45, 2.75) is 25.1 Å². The van der Waals surface area contributed by atoms with Crippen molar-refractivity contribution in [3.05, 3.63) is 0 Å². The molecule has 1 aliphatic carbocycles. The van der Waals surface area contributed by atoms with Gasteiger partial charge in [0.15, 0.2) is 0 Å². The summed E-state index contributed by atoms with van der Waals surface area (Å²) in [5.74, 6) is 0.623. The third-order valence-electron chi connectivity index (χ3n) is 2.83. The first kappa shape index (κ1) is 13.7. The molecule has 1 unspecified atom stereocenters. The van der Waals surface area contributed by atoms with Gasteiger partial charge in [-0.2, -0.15) is 13.2 Å². The molecule has 1 rings (SSSR count). The number of alkyl halides is 3. The molecule has 16 heavy (non-hydrogen) atoms. The van der Waals surface area contributed by atoms with Crippen molar-refractivity contribution in [3.63, 3.8) is 0 Å². The Kier molecular flexibility index (Phi) is 5.01. The van der Waals surface area contributed by atoms with Gasteiger partial charge in [-0.25, -0.2) is 0 Å². The van der Waals surface area contributed by atoms with Gasteiger partial charge in [0.05, 0.1) is 6.61 Å². The summed E-state index contributed by atoms with van der Waals surface area (Å²) in [6.07, 6.45) is -1.88. The summed E-state index contributed by atoms with van der Waals surface area (Å²) in [5.41, 5.74) is 5.63. The molecule has 0 radical (unpaired) electrons. The Bertz CT molecular complexity index is 207. The Hall–Kier alpha value is -0.330. The molecule has 0 aromatic rings. The molecule has 1 saturated carbocycles. The third-order valence-corrected chi connectivity index (χ3v) is 2.83. The van der Waals surface area contributed by atoms with Crippen LogP contribution in [0.1, 0.15) is 12.8 Å². The summed E-state index contributed by atoms with van der Waals surface area (Å²) < 4.78 is 39.9. The normalized spacial score (nSPS) is 19.1. The first-order valence-corrected chi connectivity index (χ1v) is 5.49. The summed E-state index contributed by atoms with van der Waals surface area (Å²) in [4.78, 5) is 1.99. The Morgan fingerprint density at radius 2 is 2.06 bits per heavy atom. The van der Waals surface area contributed by atoms with Crippen LogP contribution in [0.25, 0.3) is 0 Å². The minimum absolute atomic E-state index is 0.0965. The summed E-state index contributed by atoms with van der Waals surface area (Å²) in [5, 5.41) is 0. The van der Waals surface area contributed by atoms with Crippen molar-refractivity contribution in [2.24, 2.45) is 11.7 Å². The van der Waals surface area contributed by atoms with E-state index in [1.54, 1.807) is 0 Å². The van der Waals surface area contributed by atoms with Gasteiger partial charge in [0.25, 0.3) is 0 Å². The largest absolute Gasteiger partial charge is 0.411 e. The standard InChI is InChI=1S/C10H19F3N2O/c1-15(9(6-14)8-2-3-8)4-5-16-7-10(11,12)13/h8-9H,2-7,14H2,1H3. The van der Waals surface area contributed by atoms with Crippen LogP contribution < -0.4 is 5.73 Å². The van der Waals surface area contributed by atoms with Crippen LogP contribution in [-0.2, 0) is 4.74 Å². The van der Waals surface area contributed by atoms with Crippen LogP contribution in [0.3, 0.4) is 0 Å². The van der Waals surface area contributed by atoms with Gasteiger partial charge < -0.3 is 10.5 Å². The van der Waals surface area contributed by atoms with E-state index in [0.29, 0.717) is 19.0 Å². The molecule has 1 aliphatic rings. The molecule has 0 bridgehead atoms. The van der Waals surface area contributed by atoms with Gasteiger partial charge in [-0.3, -0.25) is 4.90 Å². The smallest absolute Gasteiger partial charge is 0.371 e. The van der Waals surface area contributed by atoms with E-state index >= 15 is 0 Å². The average Bonchev–Trinajstić information content (AvgIpc) is 2.96. The number of nitrogens with two attached hydrogens (primary N) is 1. The fraction of sp³-hybridized carbons (Fsp3) is 1.00. The lowest BCUT2D eigenvalue weighted by atomic mass is 10.1. The van der Waals surface area contributed by atoms with Gasteiger partial charge in [-0.1, -0.05) is 0 Å². The second-order valence-electron chi connectivity index (χ2n) is 4.29. The Morgan fingerprint density at radius 3 is 2.50 bits per heavy atom. The highest BCUT2D eigenvalue weighted by Gasteiger charge is 2.32. The molecular weight excluding hydrogens is 221 g/mol. The predicted octanol–water partition coefficient (Wildman–Crippen LogP) is 1.23. The lowest BCUT2D eigenvalue weighted by Gasteiger charge is -2.26. The summed E-state index contributed by atoms with van der Waals surface area (Å²) in [6.45, 7) is -0.0221. The Morgan fingerprint density at radius 1 is 1.44 bits per heavy atom. The van der Waals surface area contributed by atoms with E-state index in [2.05, 4.69) is 4.74 Å². The van der Waals surface area contributed by atoms with Crippen LogP contribution in [0, 0.1) is 5.92 Å². The van der Waals surface area contributed by atoms with E-state index in [1.807, 2.05) is 11.9 Å². The zero-order valence-electron chi connectivity index (χ0n) is 9.46. The van der Waals surface area contributed by atoms with Crippen molar-refractivity contribution in [3.8, 4) is 0 Å². The Balaban J connectivity index is 2.11. The molecule has 0 heterocycles. The molecule has 0 spiro atoms. The third kappa shape index (κ3) is 5.14. The lowest BCUT2D eigenvalue weighted by molar-refractivity contribution is -0.174. The van der Waals surface area contributed by atoms with E-state index < -0.39 is 12.8 Å². The van der Waals surface area contributed by atoms with Crippen LogP contribution in [-0.4, -0.2) is 50.5 Å². The highest BCUT2D eigenvalue weighted by molar-refractivity contribution is 4.87. The van der Waals surface area contributed by atoms with Crippen LogP contribution in [0.4, 0.5) is 13.2 Å². The molecule has 0 aliphatic heterocycles. The van der Waals surface area contributed by atoms with Crippen molar-refractivity contribution in [1.82, 2.24) is 4.90 Å². The van der Waals surface area contributed by atoms with Crippen LogP contribution in [0.15, 0.2) is 0 Å². The van der Waals surface area contributed by atoms with Gasteiger partial charge in [-0.05, 0) is 25.8 Å². The molecule has 6 heteroatoms. The number of ether oxygens (including phenoxy) is 1. The van der Waals surface area contributed by atoms with Crippen molar-refractivity contribution >= 4 is 0 Å². The number of nitrogens with zero attached hydrogens (tertiary/aromatic N) is 1. The molecule has 0 saturated heterocycles. The number of halogens is 3. The first-order valence-electron chi connectivity index (χ1n) is 5.49. The van der Waals surface area contributed by atoms with Gasteiger partial charge >= 0.3 is 6.18 Å². The second-order valence-corrected chi connectivity index (χ2v) is 4.29. The average molecular weight is 240 g/mol. The Labute approximate surface area is 93.7 Å². The van der Waals surface area contributed by atoms with Gasteiger partial charge in [-0.15, -0.1) is 0 Å². The highest BCUT2D eigenvalue weighted by atomic mass is 19.4. The van der Waals surface area contributed by atoms with Crippen molar-refractivity contribution in [2.75, 3.05) is 33.4 Å². The predicted molar refractivity (Wildman–Crippen MR) is 55.1 cm³/mol. The molecule has 1 fully saturated rings. The minimum Gasteiger partial charge on any atom is -0.371 e. The van der Waals surface area contributed by atoms with E-state index in [4.69, 9.17) is 5.73 Å². The number of likely N-dealkylation sites (N-methyl/N-ethyl adjacent to an activating group) is 1. The maximum Gasteiger partial charge on any atom is 0.411 e. The van der Waals surface area contributed by atoms with Crippen molar-refractivity contribution in [1.29, 1.82) is 0 Å². The minimum atomic E-state index is -4.23. The van der Waals surface area contributed by atoms with Gasteiger partial charge in [0.2, 0.25) is 0 Å². The molecule has 3 nitrogen and oxygen atoms in total. The molecule has 0 aromatic heterocycles. The molecular formula is C10H19F3N2O. The molecule has 2 N–H and O–H groups in total. The monoisotopic (exact) mass is 240 g/mol. The van der Waals surface area contributed by atoms with Crippen LogP contribution in [0.5, 0.6) is 0 Å². The molecule has 0 aromatic carbocycles. The number of rotatable bonds is 7. The quantitative estimate of drug-likeness (QED) is 0.680. The maximum absolute atomic E-state index is 11.8. The van der Waals surface area contributed by atoms with E-state index in [-0.39, 0.29) is 12.6 Å². The summed E-state index contributed by atoms with van der Waals surface area (Å²) in [6, 6.07) is 0.287. The number of hydrogen-bond donors (Lipinski definition) is 1. The van der Waals surface area contributed by atoms with Crippen LogP contribution in [0.2, 0.25) is 0 Å². The lowest BCUT2D eigenvalue weighted by Crippen LogP contribution is -2.41. The SMILES string of the molecule is CN(CCOCC(F)(F)F)C(CN)C1CC1. The second kappa shape index (κ2) is 5.84. The fourth-order valence-corrected chi connectivity index (χ4v) is 1.78. The van der Waals surface area contributed by atoms with Crippen LogP contribution >= 0.6 is 0 Å². The highest BCUT2D eigenvalue weighted by Crippen LogP contribution is 2.34. The van der Waals surface area contributed by atoms with Gasteiger partial charge in [0, 0.05) is 19.1 Å². The molecule has 1 atom stereocenters. The molecule has 0 amide bonds. The van der Waals surface area contributed by atoms with E-state index in [9.17, 15) is 13.2 Å². The fourth-order valence-electron chi connectivity index (χ4n) is 1.78. The number of hydrogen-bond acceptors (Lipinski definition) is 3. The maximum atomic E-state index is 11.8. The topological polar surface area (TPSA) is 38.5 Å². The zero-order chi connectivity index (χ0) is 12.2.